The summed E-state index contributed by atoms with van der Waals surface area (Å²) in [5, 5.41) is 10.5. The van der Waals surface area contributed by atoms with Gasteiger partial charge in [-0.25, -0.2) is 0 Å². The van der Waals surface area contributed by atoms with Crippen LogP contribution < -0.4 is 16.0 Å². The fourth-order valence-electron chi connectivity index (χ4n) is 2.87. The second-order valence-electron chi connectivity index (χ2n) is 6.04. The number of nitrogens with zero attached hydrogens (tertiary/aromatic N) is 1. The molecule has 0 saturated heterocycles. The lowest BCUT2D eigenvalue weighted by Gasteiger charge is -2.17. The number of carbonyl (C=O) groups is 1. The van der Waals surface area contributed by atoms with Gasteiger partial charge in [-0.1, -0.05) is 22.0 Å². The number of aliphatic imine (C=N–C) groups is 1. The predicted octanol–water partition coefficient (Wildman–Crippen LogP) is 3.64. The molecule has 26 heavy (non-hydrogen) atoms. The molecule has 146 valence electrons. The van der Waals surface area contributed by atoms with E-state index in [9.17, 15) is 4.79 Å². The Morgan fingerprint density at radius 2 is 2.15 bits per heavy atom. The zero-order valence-corrected chi connectivity index (χ0v) is 20.0. The van der Waals surface area contributed by atoms with Crippen molar-refractivity contribution in [1.29, 1.82) is 0 Å². The van der Waals surface area contributed by atoms with E-state index in [1.807, 2.05) is 30.0 Å². The number of hydrogen-bond acceptors (Lipinski definition) is 3. The van der Waals surface area contributed by atoms with E-state index in [0.717, 1.165) is 22.2 Å². The van der Waals surface area contributed by atoms with Crippen LogP contribution in [0.4, 0.5) is 0 Å². The molecule has 5 nitrogen and oxygen atoms in total. The second kappa shape index (κ2) is 12.8. The third kappa shape index (κ3) is 8.04. The van der Waals surface area contributed by atoms with E-state index in [1.54, 1.807) is 6.07 Å². The molecule has 0 spiro atoms. The molecule has 0 heterocycles. The summed E-state index contributed by atoms with van der Waals surface area (Å²) in [7, 11) is 0. The normalized spacial score (nSPS) is 19.6. The summed E-state index contributed by atoms with van der Waals surface area (Å²) in [6.07, 6.45) is 5.82. The van der Waals surface area contributed by atoms with Crippen LogP contribution in [-0.2, 0) is 0 Å². The average Bonchev–Trinajstić information content (AvgIpc) is 3.06. The molecule has 2 unspecified atom stereocenters. The fourth-order valence-corrected chi connectivity index (χ4v) is 4.06. The van der Waals surface area contributed by atoms with Crippen LogP contribution in [0.1, 0.15) is 36.5 Å². The maximum atomic E-state index is 12.1. The molecule has 0 aliphatic heterocycles. The Morgan fingerprint density at radius 3 is 2.81 bits per heavy atom. The summed E-state index contributed by atoms with van der Waals surface area (Å²) in [5.41, 5.74) is 0.650. The highest BCUT2D eigenvalue weighted by atomic mass is 127. The largest absolute Gasteiger partial charge is 0.357 e. The lowest BCUT2D eigenvalue weighted by Crippen LogP contribution is -2.43. The van der Waals surface area contributed by atoms with Gasteiger partial charge in [0.15, 0.2) is 5.96 Å². The third-order valence-corrected chi connectivity index (χ3v) is 5.75. The summed E-state index contributed by atoms with van der Waals surface area (Å²) >= 11 is 5.33. The minimum atomic E-state index is -0.0759. The molecular weight excluding hydrogens is 527 g/mol. The van der Waals surface area contributed by atoms with Crippen molar-refractivity contribution in [2.24, 2.45) is 4.99 Å². The maximum Gasteiger partial charge on any atom is 0.251 e. The van der Waals surface area contributed by atoms with Crippen LogP contribution in [0.2, 0.25) is 0 Å². The van der Waals surface area contributed by atoms with Gasteiger partial charge in [0.05, 0.1) is 6.54 Å². The highest BCUT2D eigenvalue weighted by Gasteiger charge is 2.24. The van der Waals surface area contributed by atoms with Gasteiger partial charge in [-0.05, 0) is 50.6 Å². The highest BCUT2D eigenvalue weighted by Crippen LogP contribution is 2.27. The molecule has 2 atom stereocenters. The molecule has 1 saturated carbocycles. The number of rotatable bonds is 7. The van der Waals surface area contributed by atoms with Gasteiger partial charge in [0.1, 0.15) is 0 Å². The average molecular weight is 555 g/mol. The van der Waals surface area contributed by atoms with E-state index in [1.165, 1.54) is 19.3 Å². The zero-order chi connectivity index (χ0) is 18.1. The van der Waals surface area contributed by atoms with Gasteiger partial charge < -0.3 is 16.0 Å². The van der Waals surface area contributed by atoms with Crippen molar-refractivity contribution >= 4 is 63.5 Å². The Hall–Kier alpha value is -0.480. The summed E-state index contributed by atoms with van der Waals surface area (Å²) < 4.78 is 0.900. The van der Waals surface area contributed by atoms with Gasteiger partial charge in [-0.3, -0.25) is 9.79 Å². The molecule has 0 aromatic heterocycles. The van der Waals surface area contributed by atoms with E-state index < -0.39 is 0 Å². The first-order valence-corrected chi connectivity index (χ1v) is 10.8. The van der Waals surface area contributed by atoms with Crippen molar-refractivity contribution in [3.63, 3.8) is 0 Å². The Kier molecular flexibility index (Phi) is 11.6. The van der Waals surface area contributed by atoms with Gasteiger partial charge in [0, 0.05) is 34.4 Å². The van der Waals surface area contributed by atoms with Crippen LogP contribution in [0.15, 0.2) is 33.7 Å². The second-order valence-corrected chi connectivity index (χ2v) is 8.09. The van der Waals surface area contributed by atoms with Crippen molar-refractivity contribution < 1.29 is 4.79 Å². The first-order chi connectivity index (χ1) is 12.1. The molecule has 1 aromatic rings. The number of carbonyl (C=O) groups excluding carboxylic acids is 1. The Morgan fingerprint density at radius 1 is 1.35 bits per heavy atom. The molecule has 1 aliphatic rings. The number of amides is 1. The number of nitrogens with one attached hydrogen (secondary N) is 3. The highest BCUT2D eigenvalue weighted by molar-refractivity contribution is 14.0. The molecule has 8 heteroatoms. The Bertz CT molecular complexity index is 602. The quantitative estimate of drug-likeness (QED) is 0.208. The third-order valence-electron chi connectivity index (χ3n) is 4.16. The summed E-state index contributed by atoms with van der Waals surface area (Å²) in [6, 6.07) is 7.86. The topological polar surface area (TPSA) is 65.5 Å². The van der Waals surface area contributed by atoms with E-state index in [4.69, 9.17) is 0 Å². The smallest absolute Gasteiger partial charge is 0.251 e. The van der Waals surface area contributed by atoms with Crippen molar-refractivity contribution in [2.45, 2.75) is 37.5 Å². The number of thioether (sulfide) groups is 1. The monoisotopic (exact) mass is 554 g/mol. The number of halogens is 2. The van der Waals surface area contributed by atoms with Crippen LogP contribution in [0, 0.1) is 0 Å². The SMILES string of the molecule is CCNC(=NCCNC(=O)c1cccc(Br)c1)NC1CCC(SC)C1.I. The lowest BCUT2D eigenvalue weighted by molar-refractivity contribution is 0.0954. The van der Waals surface area contributed by atoms with E-state index in [0.29, 0.717) is 24.7 Å². The molecule has 3 N–H and O–H groups in total. The molecular formula is C18H28BrIN4OS. The molecule has 1 amide bonds. The van der Waals surface area contributed by atoms with E-state index in [-0.39, 0.29) is 29.9 Å². The van der Waals surface area contributed by atoms with Crippen LogP contribution in [-0.4, -0.2) is 49.0 Å². The van der Waals surface area contributed by atoms with Crippen molar-refractivity contribution in [3.8, 4) is 0 Å². The first-order valence-electron chi connectivity index (χ1n) is 8.73. The Labute approximate surface area is 186 Å². The predicted molar refractivity (Wildman–Crippen MR) is 126 cm³/mol. The van der Waals surface area contributed by atoms with Crippen LogP contribution >= 0.6 is 51.7 Å². The van der Waals surface area contributed by atoms with Crippen molar-refractivity contribution in [3.05, 3.63) is 34.3 Å². The number of guanidine groups is 1. The maximum absolute atomic E-state index is 12.1. The van der Waals surface area contributed by atoms with Gasteiger partial charge in [-0.15, -0.1) is 24.0 Å². The number of hydrogen-bond donors (Lipinski definition) is 3. The standard InChI is InChI=1S/C18H27BrN4OS.HI/c1-3-20-18(23-15-7-8-16(12-15)25-2)22-10-9-21-17(24)13-5-4-6-14(19)11-13;/h4-6,11,15-16H,3,7-10,12H2,1-2H3,(H,21,24)(H2,20,22,23);1H. The van der Waals surface area contributed by atoms with Gasteiger partial charge in [0.25, 0.3) is 5.91 Å². The Balaban J connectivity index is 0.00000338. The van der Waals surface area contributed by atoms with Gasteiger partial charge in [-0.2, -0.15) is 11.8 Å². The van der Waals surface area contributed by atoms with E-state index >= 15 is 0 Å². The van der Waals surface area contributed by atoms with E-state index in [2.05, 4.69) is 50.1 Å². The number of benzene rings is 1. The van der Waals surface area contributed by atoms with Crippen LogP contribution in [0.25, 0.3) is 0 Å². The molecule has 1 aromatic carbocycles. The van der Waals surface area contributed by atoms with Gasteiger partial charge in [0.2, 0.25) is 0 Å². The lowest BCUT2D eigenvalue weighted by atomic mass is 10.2. The molecule has 1 fully saturated rings. The first kappa shape index (κ1) is 23.6. The van der Waals surface area contributed by atoms with Crippen molar-refractivity contribution in [1.82, 2.24) is 16.0 Å². The fraction of sp³-hybridized carbons (Fsp3) is 0.556. The van der Waals surface area contributed by atoms with Crippen LogP contribution in [0.3, 0.4) is 0 Å². The zero-order valence-electron chi connectivity index (χ0n) is 15.3. The minimum absolute atomic E-state index is 0. The van der Waals surface area contributed by atoms with Crippen LogP contribution in [0.5, 0.6) is 0 Å². The van der Waals surface area contributed by atoms with Crippen molar-refractivity contribution in [2.75, 3.05) is 25.9 Å². The molecule has 2 rings (SSSR count). The summed E-state index contributed by atoms with van der Waals surface area (Å²) in [4.78, 5) is 16.7. The van der Waals surface area contributed by atoms with Gasteiger partial charge >= 0.3 is 0 Å². The molecule has 1 aliphatic carbocycles. The summed E-state index contributed by atoms with van der Waals surface area (Å²) in [5.74, 6) is 0.763. The summed E-state index contributed by atoms with van der Waals surface area (Å²) in [6.45, 7) is 3.95. The minimum Gasteiger partial charge on any atom is -0.357 e. The molecule has 0 bridgehead atoms. The molecule has 0 radical (unpaired) electrons.